The van der Waals surface area contributed by atoms with E-state index in [0.717, 1.165) is 23.4 Å². The maximum absolute atomic E-state index is 13.6. The second-order valence-electron chi connectivity index (χ2n) is 7.91. The van der Waals surface area contributed by atoms with Gasteiger partial charge in [0.1, 0.15) is 11.5 Å². The van der Waals surface area contributed by atoms with Crippen molar-refractivity contribution in [1.29, 1.82) is 0 Å². The molecule has 0 spiro atoms. The fraction of sp³-hybridized carbons (Fsp3) is 0.292. The molecule has 172 valence electrons. The first-order valence-electron chi connectivity index (χ1n) is 10.6. The van der Waals surface area contributed by atoms with Crippen molar-refractivity contribution in [2.24, 2.45) is 10.7 Å². The number of amides is 2. The van der Waals surface area contributed by atoms with Gasteiger partial charge in [-0.3, -0.25) is 14.6 Å². The van der Waals surface area contributed by atoms with Crippen LogP contribution in [-0.2, 0) is 11.3 Å². The van der Waals surface area contributed by atoms with Gasteiger partial charge in [0.25, 0.3) is 11.8 Å². The molecule has 9 heteroatoms. The summed E-state index contributed by atoms with van der Waals surface area (Å²) in [5, 5.41) is 0. The Morgan fingerprint density at radius 1 is 1.12 bits per heavy atom. The van der Waals surface area contributed by atoms with Gasteiger partial charge in [-0.05, 0) is 35.9 Å². The molecule has 33 heavy (non-hydrogen) atoms. The zero-order valence-electron chi connectivity index (χ0n) is 18.2. The van der Waals surface area contributed by atoms with Crippen LogP contribution in [0.2, 0.25) is 0 Å². The summed E-state index contributed by atoms with van der Waals surface area (Å²) in [5.74, 6) is -2.09. The van der Waals surface area contributed by atoms with Gasteiger partial charge < -0.3 is 20.3 Å². The highest BCUT2D eigenvalue weighted by Gasteiger charge is 2.32. The highest BCUT2D eigenvalue weighted by atomic mass is 19.2. The lowest BCUT2D eigenvalue weighted by molar-refractivity contribution is -0.125. The van der Waals surface area contributed by atoms with E-state index in [4.69, 9.17) is 10.5 Å². The summed E-state index contributed by atoms with van der Waals surface area (Å²) >= 11 is 0. The molecule has 0 aromatic heterocycles. The van der Waals surface area contributed by atoms with E-state index in [1.807, 2.05) is 24.3 Å². The van der Waals surface area contributed by atoms with E-state index in [-0.39, 0.29) is 23.7 Å². The van der Waals surface area contributed by atoms with Gasteiger partial charge in [0.05, 0.1) is 13.7 Å². The average Bonchev–Trinajstić information content (AvgIpc) is 2.83. The van der Waals surface area contributed by atoms with Crippen molar-refractivity contribution < 1.29 is 23.1 Å². The second kappa shape index (κ2) is 9.40. The van der Waals surface area contributed by atoms with Crippen LogP contribution in [0.5, 0.6) is 5.75 Å². The fourth-order valence-electron chi connectivity index (χ4n) is 3.92. The summed E-state index contributed by atoms with van der Waals surface area (Å²) in [6.07, 6.45) is 0.357. The quantitative estimate of drug-likeness (QED) is 0.752. The van der Waals surface area contributed by atoms with Crippen molar-refractivity contribution in [2.45, 2.75) is 13.0 Å². The molecule has 0 bridgehead atoms. The summed E-state index contributed by atoms with van der Waals surface area (Å²) in [5.41, 5.74) is 8.45. The van der Waals surface area contributed by atoms with Gasteiger partial charge in [0.15, 0.2) is 11.6 Å². The Bertz CT molecular complexity index is 1140. The third kappa shape index (κ3) is 4.72. The van der Waals surface area contributed by atoms with Crippen LogP contribution in [0.4, 0.5) is 8.78 Å². The van der Waals surface area contributed by atoms with Gasteiger partial charge in [0.2, 0.25) is 0 Å². The predicted molar refractivity (Wildman–Crippen MR) is 119 cm³/mol. The van der Waals surface area contributed by atoms with Crippen LogP contribution in [0.3, 0.4) is 0 Å². The molecule has 2 aromatic rings. The van der Waals surface area contributed by atoms with Gasteiger partial charge >= 0.3 is 0 Å². The summed E-state index contributed by atoms with van der Waals surface area (Å²) in [7, 11) is 1.59. The largest absolute Gasteiger partial charge is 0.497 e. The summed E-state index contributed by atoms with van der Waals surface area (Å²) < 4.78 is 32.0. The summed E-state index contributed by atoms with van der Waals surface area (Å²) in [4.78, 5) is 33.7. The highest BCUT2D eigenvalue weighted by Crippen LogP contribution is 2.22. The first kappa shape index (κ1) is 22.4. The van der Waals surface area contributed by atoms with E-state index in [0.29, 0.717) is 43.9 Å². The molecule has 2 heterocycles. The number of methoxy groups -OCH3 is 1. The highest BCUT2D eigenvalue weighted by molar-refractivity contribution is 6.45. The number of nitrogens with zero attached hydrogens (tertiary/aromatic N) is 3. The maximum Gasteiger partial charge on any atom is 0.272 e. The van der Waals surface area contributed by atoms with Gasteiger partial charge in [-0.25, -0.2) is 8.78 Å². The first-order valence-corrected chi connectivity index (χ1v) is 10.6. The van der Waals surface area contributed by atoms with E-state index in [9.17, 15) is 18.4 Å². The van der Waals surface area contributed by atoms with Gasteiger partial charge in [-0.1, -0.05) is 12.1 Å². The van der Waals surface area contributed by atoms with Crippen LogP contribution < -0.4 is 10.5 Å². The molecule has 4 rings (SSSR count). The molecule has 0 saturated carbocycles. The zero-order chi connectivity index (χ0) is 23.5. The third-order valence-corrected chi connectivity index (χ3v) is 5.79. The first-order chi connectivity index (χ1) is 15.9. The zero-order valence-corrected chi connectivity index (χ0v) is 18.2. The molecular weight excluding hydrogens is 430 g/mol. The summed E-state index contributed by atoms with van der Waals surface area (Å²) in [6, 6.07) is 10.5. The predicted octanol–water partition coefficient (Wildman–Crippen LogP) is 2.52. The fourth-order valence-corrected chi connectivity index (χ4v) is 3.92. The Labute approximate surface area is 190 Å². The monoisotopic (exact) mass is 454 g/mol. The van der Waals surface area contributed by atoms with Gasteiger partial charge in [-0.15, -0.1) is 0 Å². The Morgan fingerprint density at radius 3 is 2.58 bits per heavy atom. The second-order valence-corrected chi connectivity index (χ2v) is 7.91. The number of hydrogen-bond donors (Lipinski definition) is 1. The number of nitrogens with two attached hydrogens (primary N) is 1. The Balaban J connectivity index is 1.50. The molecule has 0 radical (unpaired) electrons. The van der Waals surface area contributed by atoms with E-state index in [1.165, 1.54) is 11.0 Å². The van der Waals surface area contributed by atoms with Crippen molar-refractivity contribution in [1.82, 2.24) is 9.80 Å². The SMILES string of the molecule is COc1ccc(CN2CCN=C(C3=C(N)CCN(C(=O)c4ccc(F)c(F)c4)C3)C2=O)cc1. The van der Waals surface area contributed by atoms with E-state index in [1.54, 1.807) is 12.0 Å². The van der Waals surface area contributed by atoms with Crippen LogP contribution in [-0.4, -0.2) is 60.6 Å². The van der Waals surface area contributed by atoms with Crippen molar-refractivity contribution in [3.63, 3.8) is 0 Å². The minimum atomic E-state index is -1.09. The Hall–Kier alpha value is -3.75. The third-order valence-electron chi connectivity index (χ3n) is 5.79. The molecule has 2 aromatic carbocycles. The smallest absolute Gasteiger partial charge is 0.272 e. The molecule has 0 unspecified atom stereocenters. The molecule has 0 fully saturated rings. The molecule has 2 N–H and O–H groups in total. The average molecular weight is 454 g/mol. The lowest BCUT2D eigenvalue weighted by Crippen LogP contribution is -2.47. The van der Waals surface area contributed by atoms with Crippen LogP contribution in [0.15, 0.2) is 58.7 Å². The lowest BCUT2D eigenvalue weighted by atomic mass is 9.98. The molecule has 0 aliphatic carbocycles. The van der Waals surface area contributed by atoms with Crippen LogP contribution in [0, 0.1) is 11.6 Å². The molecule has 2 aliphatic rings. The summed E-state index contributed by atoms with van der Waals surface area (Å²) in [6.45, 7) is 1.69. The molecule has 0 atom stereocenters. The minimum Gasteiger partial charge on any atom is -0.497 e. The minimum absolute atomic E-state index is 0.0340. The molecule has 2 amide bonds. The maximum atomic E-state index is 13.6. The van der Waals surface area contributed by atoms with Gasteiger partial charge in [-0.2, -0.15) is 0 Å². The number of benzene rings is 2. The van der Waals surface area contributed by atoms with Crippen LogP contribution >= 0.6 is 0 Å². The topological polar surface area (TPSA) is 88.2 Å². The number of hydrogen-bond acceptors (Lipinski definition) is 5. The van der Waals surface area contributed by atoms with Crippen molar-refractivity contribution in [2.75, 3.05) is 33.3 Å². The standard InChI is InChI=1S/C24H24F2N4O3/c1-33-17-5-2-15(3-6-17)13-30-11-9-28-22(24(30)32)18-14-29(10-8-21(18)27)23(31)16-4-7-19(25)20(26)12-16/h2-7,12H,8-11,13-14,27H2,1H3. The number of carbonyl (C=O) groups excluding carboxylic acids is 2. The normalized spacial score (nSPS) is 16.7. The van der Waals surface area contributed by atoms with Crippen LogP contribution in [0.1, 0.15) is 22.3 Å². The number of ether oxygens (including phenoxy) is 1. The van der Waals surface area contributed by atoms with Crippen LogP contribution in [0.25, 0.3) is 0 Å². The van der Waals surface area contributed by atoms with E-state index < -0.39 is 17.5 Å². The molecule has 2 aliphatic heterocycles. The van der Waals surface area contributed by atoms with Gasteiger partial charge in [0, 0.05) is 49.4 Å². The lowest BCUT2D eigenvalue weighted by Gasteiger charge is -2.33. The number of halogens is 2. The Kier molecular flexibility index (Phi) is 6.39. The molecular formula is C24H24F2N4O3. The molecule has 7 nitrogen and oxygen atoms in total. The van der Waals surface area contributed by atoms with E-state index >= 15 is 0 Å². The van der Waals surface area contributed by atoms with Crippen molar-refractivity contribution >= 4 is 17.5 Å². The number of aliphatic imine (C=N–C) groups is 1. The van der Waals surface area contributed by atoms with Crippen molar-refractivity contribution in [3.05, 3.63) is 76.5 Å². The Morgan fingerprint density at radius 2 is 1.88 bits per heavy atom. The van der Waals surface area contributed by atoms with Crippen molar-refractivity contribution in [3.8, 4) is 5.75 Å². The van der Waals surface area contributed by atoms with E-state index in [2.05, 4.69) is 4.99 Å². The molecule has 0 saturated heterocycles. The number of carbonyl (C=O) groups is 2. The number of rotatable bonds is 5.